The van der Waals surface area contributed by atoms with Gasteiger partial charge in [-0.3, -0.25) is 0 Å². The van der Waals surface area contributed by atoms with Crippen LogP contribution in [0.1, 0.15) is 31.5 Å². The summed E-state index contributed by atoms with van der Waals surface area (Å²) < 4.78 is 0. The molecule has 0 saturated carbocycles. The van der Waals surface area contributed by atoms with Gasteiger partial charge < -0.3 is 5.73 Å². The molecule has 0 spiro atoms. The lowest BCUT2D eigenvalue weighted by atomic mass is 9.76. The van der Waals surface area contributed by atoms with Gasteiger partial charge in [0.15, 0.2) is 0 Å². The molecule has 0 amide bonds. The number of fused-ring (bicyclic) bond motifs is 1. The Morgan fingerprint density at radius 2 is 2.07 bits per heavy atom. The molecule has 1 aromatic heterocycles. The Kier molecular flexibility index (Phi) is 2.14. The molecule has 0 saturated heterocycles. The minimum atomic E-state index is 0.286. The monoisotopic (exact) mass is 211 g/mol. The van der Waals surface area contributed by atoms with E-state index in [0.29, 0.717) is 10.6 Å². The second kappa shape index (κ2) is 3.09. The van der Waals surface area contributed by atoms with Crippen molar-refractivity contribution in [1.82, 2.24) is 9.97 Å². The van der Waals surface area contributed by atoms with Gasteiger partial charge in [0.1, 0.15) is 5.15 Å². The molecule has 0 bridgehead atoms. The number of anilines is 1. The number of nitrogen functional groups attached to an aromatic ring is 1. The van der Waals surface area contributed by atoms with E-state index in [0.717, 1.165) is 30.5 Å². The molecule has 4 heteroatoms. The minimum Gasteiger partial charge on any atom is -0.368 e. The molecule has 14 heavy (non-hydrogen) atoms. The van der Waals surface area contributed by atoms with E-state index in [1.807, 2.05) is 0 Å². The van der Waals surface area contributed by atoms with Gasteiger partial charge in [0.05, 0.1) is 5.69 Å². The van der Waals surface area contributed by atoms with Crippen molar-refractivity contribution in [3.8, 4) is 0 Å². The van der Waals surface area contributed by atoms with E-state index in [4.69, 9.17) is 17.3 Å². The molecule has 0 unspecified atom stereocenters. The molecular formula is C10H14ClN3. The first kappa shape index (κ1) is 9.71. The minimum absolute atomic E-state index is 0.286. The predicted octanol–water partition coefficient (Wildman–Crippen LogP) is 2.23. The number of nitrogens with zero attached hydrogens (tertiary/aromatic N) is 2. The van der Waals surface area contributed by atoms with Gasteiger partial charge in [0.25, 0.3) is 0 Å². The first-order valence-electron chi connectivity index (χ1n) is 4.79. The van der Waals surface area contributed by atoms with Crippen LogP contribution in [0.15, 0.2) is 0 Å². The van der Waals surface area contributed by atoms with E-state index in [2.05, 4.69) is 23.8 Å². The Morgan fingerprint density at radius 1 is 1.36 bits per heavy atom. The average molecular weight is 212 g/mol. The number of aryl methyl sites for hydroxylation is 1. The van der Waals surface area contributed by atoms with Crippen molar-refractivity contribution in [3.63, 3.8) is 0 Å². The zero-order valence-corrected chi connectivity index (χ0v) is 9.23. The van der Waals surface area contributed by atoms with Crippen molar-refractivity contribution in [2.45, 2.75) is 33.1 Å². The van der Waals surface area contributed by atoms with Gasteiger partial charge in [-0.2, -0.15) is 0 Å². The summed E-state index contributed by atoms with van der Waals surface area (Å²) >= 11 is 6.04. The van der Waals surface area contributed by atoms with Gasteiger partial charge in [0, 0.05) is 5.56 Å². The van der Waals surface area contributed by atoms with Crippen LogP contribution in [-0.4, -0.2) is 9.97 Å². The molecule has 0 aromatic carbocycles. The molecule has 2 N–H and O–H groups in total. The van der Waals surface area contributed by atoms with Gasteiger partial charge in [-0.05, 0) is 24.7 Å². The second-order valence-electron chi connectivity index (χ2n) is 4.64. The van der Waals surface area contributed by atoms with Crippen molar-refractivity contribution < 1.29 is 0 Å². The number of nitrogens with two attached hydrogens (primary N) is 1. The van der Waals surface area contributed by atoms with Gasteiger partial charge in [-0.1, -0.05) is 25.4 Å². The number of aromatic nitrogens is 2. The van der Waals surface area contributed by atoms with Crippen LogP contribution in [-0.2, 0) is 12.8 Å². The van der Waals surface area contributed by atoms with Crippen molar-refractivity contribution in [1.29, 1.82) is 0 Å². The summed E-state index contributed by atoms with van der Waals surface area (Å²) in [6, 6.07) is 0. The number of halogens is 1. The molecular weight excluding hydrogens is 198 g/mol. The highest BCUT2D eigenvalue weighted by atomic mass is 35.5. The average Bonchev–Trinajstić information content (AvgIpc) is 2.06. The molecule has 1 aliphatic rings. The molecule has 76 valence electrons. The Bertz CT molecular complexity index is 374. The van der Waals surface area contributed by atoms with Crippen molar-refractivity contribution in [3.05, 3.63) is 16.4 Å². The zero-order valence-electron chi connectivity index (χ0n) is 8.47. The third-order valence-electron chi connectivity index (χ3n) is 2.75. The molecule has 0 fully saturated rings. The maximum absolute atomic E-state index is 6.04. The van der Waals surface area contributed by atoms with Crippen LogP contribution in [0.2, 0.25) is 5.15 Å². The maximum Gasteiger partial charge on any atom is 0.221 e. The summed E-state index contributed by atoms with van der Waals surface area (Å²) in [5, 5.41) is 0.528. The van der Waals surface area contributed by atoms with Crippen LogP contribution in [0, 0.1) is 5.41 Å². The van der Waals surface area contributed by atoms with Crippen LogP contribution < -0.4 is 5.73 Å². The highest BCUT2D eigenvalue weighted by Gasteiger charge is 2.28. The van der Waals surface area contributed by atoms with Gasteiger partial charge in [-0.25, -0.2) is 9.97 Å². The first-order chi connectivity index (χ1) is 6.48. The Labute approximate surface area is 88.7 Å². The zero-order chi connectivity index (χ0) is 10.3. The summed E-state index contributed by atoms with van der Waals surface area (Å²) in [6.07, 6.45) is 3.03. The van der Waals surface area contributed by atoms with E-state index in [1.54, 1.807) is 0 Å². The largest absolute Gasteiger partial charge is 0.368 e. The molecule has 2 rings (SSSR count). The van der Waals surface area contributed by atoms with Gasteiger partial charge in [-0.15, -0.1) is 0 Å². The fourth-order valence-corrected chi connectivity index (χ4v) is 2.19. The Hall–Kier alpha value is -0.830. The smallest absolute Gasteiger partial charge is 0.221 e. The molecule has 0 atom stereocenters. The number of rotatable bonds is 0. The highest BCUT2D eigenvalue weighted by Crippen LogP contribution is 2.36. The van der Waals surface area contributed by atoms with Crippen LogP contribution in [0.25, 0.3) is 0 Å². The number of hydrogen-bond donors (Lipinski definition) is 1. The topological polar surface area (TPSA) is 51.8 Å². The molecule has 3 nitrogen and oxygen atoms in total. The SMILES string of the molecule is CC1(C)CCc2nc(N)nc(Cl)c2C1. The molecule has 0 radical (unpaired) electrons. The third kappa shape index (κ3) is 1.69. The molecule has 0 aliphatic heterocycles. The van der Waals surface area contributed by atoms with Gasteiger partial charge >= 0.3 is 0 Å². The maximum atomic E-state index is 6.04. The second-order valence-corrected chi connectivity index (χ2v) is 5.00. The molecule has 1 heterocycles. The lowest BCUT2D eigenvalue weighted by molar-refractivity contribution is 0.312. The van der Waals surface area contributed by atoms with E-state index in [9.17, 15) is 0 Å². The Morgan fingerprint density at radius 3 is 2.79 bits per heavy atom. The van der Waals surface area contributed by atoms with Crippen LogP contribution in [0.4, 0.5) is 5.95 Å². The lowest BCUT2D eigenvalue weighted by Gasteiger charge is -2.30. The van der Waals surface area contributed by atoms with E-state index in [-0.39, 0.29) is 5.95 Å². The summed E-state index contributed by atoms with van der Waals surface area (Å²) in [7, 11) is 0. The summed E-state index contributed by atoms with van der Waals surface area (Å²) in [5.41, 5.74) is 7.96. The van der Waals surface area contributed by atoms with E-state index >= 15 is 0 Å². The van der Waals surface area contributed by atoms with Crippen LogP contribution >= 0.6 is 11.6 Å². The highest BCUT2D eigenvalue weighted by molar-refractivity contribution is 6.30. The standard InChI is InChI=1S/C10H14ClN3/c1-10(2)4-3-7-6(5-10)8(11)14-9(12)13-7/h3-5H2,1-2H3,(H2,12,13,14). The van der Waals surface area contributed by atoms with Gasteiger partial charge in [0.2, 0.25) is 5.95 Å². The van der Waals surface area contributed by atoms with Crippen LogP contribution in [0.5, 0.6) is 0 Å². The van der Waals surface area contributed by atoms with E-state index in [1.165, 1.54) is 0 Å². The molecule has 1 aliphatic carbocycles. The van der Waals surface area contributed by atoms with E-state index < -0.39 is 0 Å². The van der Waals surface area contributed by atoms with Crippen molar-refractivity contribution in [2.75, 3.05) is 5.73 Å². The lowest BCUT2D eigenvalue weighted by Crippen LogP contribution is -2.24. The fourth-order valence-electron chi connectivity index (χ4n) is 1.92. The Balaban J connectivity index is 2.47. The summed E-state index contributed by atoms with van der Waals surface area (Å²) in [6.45, 7) is 4.48. The summed E-state index contributed by atoms with van der Waals surface area (Å²) in [4.78, 5) is 8.21. The number of hydrogen-bond acceptors (Lipinski definition) is 3. The van der Waals surface area contributed by atoms with Crippen LogP contribution in [0.3, 0.4) is 0 Å². The quantitative estimate of drug-likeness (QED) is 0.670. The predicted molar refractivity (Wildman–Crippen MR) is 57.3 cm³/mol. The summed E-state index contributed by atoms with van der Waals surface area (Å²) in [5.74, 6) is 0.286. The first-order valence-corrected chi connectivity index (χ1v) is 5.16. The normalized spacial score (nSPS) is 19.1. The fraction of sp³-hybridized carbons (Fsp3) is 0.600. The molecule has 1 aromatic rings. The van der Waals surface area contributed by atoms with Crippen molar-refractivity contribution in [2.24, 2.45) is 5.41 Å². The van der Waals surface area contributed by atoms with Crippen molar-refractivity contribution >= 4 is 17.5 Å². The third-order valence-corrected chi connectivity index (χ3v) is 3.07.